The second-order valence-corrected chi connectivity index (χ2v) is 11.4. The minimum Gasteiger partial charge on any atom is -0.386 e. The summed E-state index contributed by atoms with van der Waals surface area (Å²) in [5, 5.41) is 22.3. The fourth-order valence-corrected chi connectivity index (χ4v) is 6.05. The highest BCUT2D eigenvalue weighted by atomic mass is 16.3. The Hall–Kier alpha value is -4.56. The third-order valence-corrected chi connectivity index (χ3v) is 8.43. The third kappa shape index (κ3) is 4.17. The van der Waals surface area contributed by atoms with Gasteiger partial charge in [-0.15, -0.1) is 5.10 Å². The molecule has 2 aromatic carbocycles. The van der Waals surface area contributed by atoms with Crippen LogP contribution in [0.2, 0.25) is 0 Å². The zero-order valence-electron chi connectivity index (χ0n) is 23.0. The first-order valence-electron chi connectivity index (χ1n) is 14.4. The Balaban J connectivity index is 1.25. The first kappa shape index (κ1) is 24.3. The molecule has 204 valence electrons. The lowest BCUT2D eigenvalue weighted by Gasteiger charge is -2.10. The Morgan fingerprint density at radius 3 is 2.51 bits per heavy atom. The van der Waals surface area contributed by atoms with E-state index in [2.05, 4.69) is 47.7 Å². The molecule has 8 heteroatoms. The summed E-state index contributed by atoms with van der Waals surface area (Å²) in [6.07, 6.45) is 9.72. The van der Waals surface area contributed by atoms with Crippen LogP contribution in [0.5, 0.6) is 0 Å². The molecule has 0 amide bonds. The normalized spacial score (nSPS) is 16.0. The summed E-state index contributed by atoms with van der Waals surface area (Å²) >= 11 is 0. The van der Waals surface area contributed by atoms with E-state index in [1.807, 2.05) is 47.3 Å². The monoisotopic (exact) mass is 541 g/mol. The first-order valence-corrected chi connectivity index (χ1v) is 14.4. The highest BCUT2D eigenvalue weighted by Gasteiger charge is 2.35. The number of imidazole rings is 1. The maximum atomic E-state index is 10.9. The van der Waals surface area contributed by atoms with Gasteiger partial charge in [-0.3, -0.25) is 4.68 Å². The molecule has 4 aromatic heterocycles. The molecule has 2 aliphatic carbocycles. The maximum Gasteiger partial charge on any atom is 0.181 e. The van der Waals surface area contributed by atoms with Gasteiger partial charge in [0.1, 0.15) is 5.82 Å². The lowest BCUT2D eigenvalue weighted by Crippen LogP contribution is -2.08. The van der Waals surface area contributed by atoms with Crippen LogP contribution in [0.4, 0.5) is 0 Å². The number of hydrogen-bond acceptors (Lipinski definition) is 5. The van der Waals surface area contributed by atoms with Gasteiger partial charge >= 0.3 is 0 Å². The number of nitrogens with zero attached hydrogens (tertiary/aromatic N) is 7. The second-order valence-electron chi connectivity index (χ2n) is 11.4. The molecule has 1 atom stereocenters. The summed E-state index contributed by atoms with van der Waals surface area (Å²) < 4.78 is 5.87. The summed E-state index contributed by atoms with van der Waals surface area (Å²) in [6.45, 7) is 4.24. The summed E-state index contributed by atoms with van der Waals surface area (Å²) in [5.41, 5.74) is 8.08. The van der Waals surface area contributed by atoms with E-state index in [0.29, 0.717) is 18.4 Å². The summed E-state index contributed by atoms with van der Waals surface area (Å²) in [5.74, 6) is 1.89. The summed E-state index contributed by atoms with van der Waals surface area (Å²) in [6, 6.07) is 18.2. The van der Waals surface area contributed by atoms with E-state index in [-0.39, 0.29) is 0 Å². The number of fused-ring (bicyclic) bond motifs is 2. The van der Waals surface area contributed by atoms with E-state index in [1.165, 1.54) is 18.5 Å². The Morgan fingerprint density at radius 1 is 0.951 bits per heavy atom. The zero-order valence-corrected chi connectivity index (χ0v) is 23.0. The van der Waals surface area contributed by atoms with Gasteiger partial charge in [0, 0.05) is 65.1 Å². The Bertz CT molecular complexity index is 1940. The first-order chi connectivity index (χ1) is 20.1. The van der Waals surface area contributed by atoms with E-state index in [0.717, 1.165) is 68.7 Å². The van der Waals surface area contributed by atoms with E-state index in [4.69, 9.17) is 15.1 Å². The van der Waals surface area contributed by atoms with Crippen molar-refractivity contribution in [3.63, 3.8) is 0 Å². The van der Waals surface area contributed by atoms with Crippen molar-refractivity contribution in [2.75, 3.05) is 0 Å². The van der Waals surface area contributed by atoms with Crippen molar-refractivity contribution >= 4 is 28.1 Å². The number of benzene rings is 2. The smallest absolute Gasteiger partial charge is 0.181 e. The molecule has 4 heterocycles. The molecule has 2 fully saturated rings. The molecule has 8 rings (SSSR count). The van der Waals surface area contributed by atoms with Gasteiger partial charge in [-0.25, -0.2) is 14.6 Å². The molecule has 8 nitrogen and oxygen atoms in total. The van der Waals surface area contributed by atoms with Gasteiger partial charge in [0.25, 0.3) is 0 Å². The number of aromatic nitrogens is 7. The Morgan fingerprint density at radius 2 is 1.76 bits per heavy atom. The molecule has 1 N–H and O–H groups in total. The zero-order chi connectivity index (χ0) is 27.7. The van der Waals surface area contributed by atoms with Crippen LogP contribution in [0, 0.1) is 0 Å². The van der Waals surface area contributed by atoms with Crippen molar-refractivity contribution in [2.45, 2.75) is 50.2 Å². The average Bonchev–Trinajstić information content (AvgIpc) is 3.91. The fraction of sp³-hybridized carbons (Fsp3) is 0.273. The van der Waals surface area contributed by atoms with Crippen LogP contribution in [0.25, 0.3) is 50.8 Å². The van der Waals surface area contributed by atoms with Crippen LogP contribution in [0.1, 0.15) is 60.6 Å². The van der Waals surface area contributed by atoms with Crippen LogP contribution >= 0.6 is 0 Å². The van der Waals surface area contributed by atoms with Crippen LogP contribution in [-0.2, 0) is 13.6 Å². The molecule has 0 saturated heterocycles. The van der Waals surface area contributed by atoms with Gasteiger partial charge in [-0.2, -0.15) is 5.10 Å². The van der Waals surface area contributed by atoms with Crippen molar-refractivity contribution in [2.24, 2.45) is 7.05 Å². The standard InChI is InChI=1S/C33H31N7O/c1-3-39-17-23-16-25(29(21-12-13-21)34-32(23)37-39)33-35-30(31(38(33)2)22-14-15-22)24-10-7-11-27-26(24)18-40(36-27)19-28(41)20-8-5-4-6-9-20/h3-11,16-18,21-22,28,41H,1,12-15,19H2,2H3/t28-/m0/s1. The molecule has 0 bridgehead atoms. The van der Waals surface area contributed by atoms with E-state index < -0.39 is 6.10 Å². The summed E-state index contributed by atoms with van der Waals surface area (Å²) in [7, 11) is 2.15. The molecule has 0 unspecified atom stereocenters. The molecular weight excluding hydrogens is 510 g/mol. The van der Waals surface area contributed by atoms with Gasteiger partial charge in [0.05, 0.1) is 29.6 Å². The largest absolute Gasteiger partial charge is 0.386 e. The minimum atomic E-state index is -0.633. The lowest BCUT2D eigenvalue weighted by molar-refractivity contribution is 0.152. The quantitative estimate of drug-likeness (QED) is 0.240. The van der Waals surface area contributed by atoms with Crippen molar-refractivity contribution in [3.05, 3.63) is 90.5 Å². The highest BCUT2D eigenvalue weighted by molar-refractivity contribution is 5.95. The van der Waals surface area contributed by atoms with E-state index in [1.54, 1.807) is 10.9 Å². The molecule has 2 saturated carbocycles. The van der Waals surface area contributed by atoms with Crippen LogP contribution in [-0.4, -0.2) is 39.2 Å². The number of rotatable bonds is 8. The molecule has 0 aliphatic heterocycles. The Labute approximate surface area is 237 Å². The van der Waals surface area contributed by atoms with Crippen molar-refractivity contribution in [1.29, 1.82) is 0 Å². The minimum absolute atomic E-state index is 0.385. The van der Waals surface area contributed by atoms with Gasteiger partial charge in [-0.05, 0) is 43.4 Å². The average molecular weight is 542 g/mol. The number of aliphatic hydroxyl groups excluding tert-OH is 1. The SMILES string of the molecule is C=Cn1cc2cc(-c3nc(-c4cccc5nn(C[C@H](O)c6ccccc6)cc45)c(C4CC4)n3C)c(C3CC3)nc2n1. The molecule has 41 heavy (non-hydrogen) atoms. The molecule has 2 aliphatic rings. The second kappa shape index (κ2) is 9.24. The molecule has 0 radical (unpaired) electrons. The predicted molar refractivity (Wildman–Crippen MR) is 160 cm³/mol. The maximum absolute atomic E-state index is 10.9. The number of hydrogen-bond donors (Lipinski definition) is 1. The van der Waals surface area contributed by atoms with Crippen LogP contribution in [0.3, 0.4) is 0 Å². The Kier molecular flexibility index (Phi) is 5.47. The van der Waals surface area contributed by atoms with Crippen LogP contribution < -0.4 is 0 Å². The van der Waals surface area contributed by atoms with E-state index >= 15 is 0 Å². The van der Waals surface area contributed by atoms with Gasteiger partial charge in [0.15, 0.2) is 5.65 Å². The fourth-order valence-electron chi connectivity index (χ4n) is 6.05. The van der Waals surface area contributed by atoms with Gasteiger partial charge < -0.3 is 9.67 Å². The van der Waals surface area contributed by atoms with Crippen molar-refractivity contribution in [3.8, 4) is 22.6 Å². The highest BCUT2D eigenvalue weighted by Crippen LogP contribution is 2.49. The predicted octanol–water partition coefficient (Wildman–Crippen LogP) is 6.44. The lowest BCUT2D eigenvalue weighted by atomic mass is 10.0. The number of pyridine rings is 1. The van der Waals surface area contributed by atoms with E-state index in [9.17, 15) is 5.11 Å². The number of aliphatic hydroxyl groups is 1. The molecule has 6 aromatic rings. The van der Waals surface area contributed by atoms with Gasteiger partial charge in [-0.1, -0.05) is 49.0 Å². The van der Waals surface area contributed by atoms with Crippen molar-refractivity contribution < 1.29 is 5.11 Å². The van der Waals surface area contributed by atoms with Gasteiger partial charge in [0.2, 0.25) is 0 Å². The summed E-state index contributed by atoms with van der Waals surface area (Å²) in [4.78, 5) is 10.4. The molecule has 0 spiro atoms. The van der Waals surface area contributed by atoms with Crippen LogP contribution in [0.15, 0.2) is 73.6 Å². The molecular formula is C33H31N7O. The van der Waals surface area contributed by atoms with Crippen molar-refractivity contribution in [1.82, 2.24) is 34.1 Å². The third-order valence-electron chi connectivity index (χ3n) is 8.43. The topological polar surface area (TPSA) is 86.6 Å².